The fraction of sp³-hybridized carbons (Fsp3) is 0.370. The molecule has 60 heavy (non-hydrogen) atoms. The topological polar surface area (TPSA) is 149 Å². The van der Waals surface area contributed by atoms with Crippen LogP contribution in [-0.4, -0.2) is 77.7 Å². The summed E-state index contributed by atoms with van der Waals surface area (Å²) in [7, 11) is 1.64. The Kier molecular flexibility index (Phi) is 10.1. The fourth-order valence-corrected chi connectivity index (χ4v) is 9.73. The number of nitrogens with zero attached hydrogens (tertiary/aromatic N) is 6. The number of methoxy groups -OCH3 is 1. The van der Waals surface area contributed by atoms with Gasteiger partial charge in [-0.15, -0.1) is 5.10 Å². The summed E-state index contributed by atoms with van der Waals surface area (Å²) in [6.07, 6.45) is 0.0539. The number of carbonyl (C=O) groups excluding carboxylic acids is 3. The predicted molar refractivity (Wildman–Crippen MR) is 222 cm³/mol. The molecule has 0 saturated carbocycles. The summed E-state index contributed by atoms with van der Waals surface area (Å²) in [4.78, 5) is 45.6. The van der Waals surface area contributed by atoms with Crippen molar-refractivity contribution in [2.75, 3.05) is 48.1 Å². The lowest BCUT2D eigenvalue weighted by Gasteiger charge is -2.38. The molecule has 0 aliphatic carbocycles. The molecule has 1 spiro atoms. The number of amides is 3. The van der Waals surface area contributed by atoms with E-state index in [9.17, 15) is 14.7 Å². The molecule has 14 heteroatoms. The van der Waals surface area contributed by atoms with Crippen molar-refractivity contribution in [2.45, 2.75) is 63.5 Å². The van der Waals surface area contributed by atoms with Crippen LogP contribution >= 0.6 is 0 Å². The number of aromatic nitrogens is 3. The van der Waals surface area contributed by atoms with Gasteiger partial charge in [0.15, 0.2) is 5.60 Å². The summed E-state index contributed by atoms with van der Waals surface area (Å²) < 4.78 is 25.0. The van der Waals surface area contributed by atoms with E-state index in [1.165, 1.54) is 0 Å². The third-order valence-electron chi connectivity index (χ3n) is 12.8. The molecular formula is C46H48N6O8. The van der Waals surface area contributed by atoms with E-state index in [4.69, 9.17) is 18.9 Å². The van der Waals surface area contributed by atoms with Gasteiger partial charge in [0.2, 0.25) is 0 Å². The van der Waals surface area contributed by atoms with Gasteiger partial charge in [-0.2, -0.15) is 0 Å². The zero-order chi connectivity index (χ0) is 41.8. The van der Waals surface area contributed by atoms with Crippen LogP contribution in [0.4, 0.5) is 26.7 Å². The molecule has 9 rings (SSSR count). The van der Waals surface area contributed by atoms with Crippen LogP contribution in [0.3, 0.4) is 0 Å². The number of anilines is 3. The van der Waals surface area contributed by atoms with E-state index in [1.807, 2.05) is 84.9 Å². The van der Waals surface area contributed by atoms with E-state index in [-0.39, 0.29) is 37.0 Å². The highest BCUT2D eigenvalue weighted by Crippen LogP contribution is 2.60. The van der Waals surface area contributed by atoms with E-state index in [2.05, 4.69) is 43.2 Å². The Morgan fingerprint density at radius 1 is 0.883 bits per heavy atom. The highest BCUT2D eigenvalue weighted by atomic mass is 16.6. The lowest BCUT2D eigenvalue weighted by atomic mass is 9.63. The molecular weight excluding hydrogens is 765 g/mol. The largest absolute Gasteiger partial charge is 0.497 e. The molecule has 3 amide bonds. The monoisotopic (exact) mass is 812 g/mol. The SMILES string of the molecule is COc1ccc(C(C)(C)[C@@H]2[C@@H](CCn3cc([C@H](O)c4ccccc4)nn3)O[C@]3(C(=O)N(Cc4ccc(N5CCOC5=O)cc4)c4ccc(N5CCOC5=O)cc43)[C@H]2C)cc1. The first-order valence-corrected chi connectivity index (χ1v) is 20.4. The fourth-order valence-electron chi connectivity index (χ4n) is 9.73. The molecule has 0 unspecified atom stereocenters. The number of hydrogen-bond donors (Lipinski definition) is 1. The Morgan fingerprint density at radius 2 is 1.55 bits per heavy atom. The van der Waals surface area contributed by atoms with Crippen molar-refractivity contribution in [3.8, 4) is 5.75 Å². The van der Waals surface area contributed by atoms with Crippen LogP contribution in [0.1, 0.15) is 61.2 Å². The van der Waals surface area contributed by atoms with Gasteiger partial charge in [0.05, 0.1) is 44.7 Å². The van der Waals surface area contributed by atoms with Crippen LogP contribution in [0.5, 0.6) is 5.75 Å². The van der Waals surface area contributed by atoms with Crippen molar-refractivity contribution in [2.24, 2.45) is 11.8 Å². The summed E-state index contributed by atoms with van der Waals surface area (Å²) in [5.41, 5.74) is 3.92. The van der Waals surface area contributed by atoms with Crippen LogP contribution in [0.2, 0.25) is 0 Å². The van der Waals surface area contributed by atoms with Crippen LogP contribution in [-0.2, 0) is 43.1 Å². The number of hydrogen-bond acceptors (Lipinski definition) is 10. The molecule has 5 aromatic rings. The zero-order valence-corrected chi connectivity index (χ0v) is 34.1. The summed E-state index contributed by atoms with van der Waals surface area (Å²) >= 11 is 0. The van der Waals surface area contributed by atoms with Gasteiger partial charge >= 0.3 is 12.2 Å². The third-order valence-corrected chi connectivity index (χ3v) is 12.8. The maximum atomic E-state index is 15.5. The average Bonchev–Trinajstić information content (AvgIpc) is 4.11. The molecule has 3 fully saturated rings. The van der Waals surface area contributed by atoms with E-state index in [0.717, 1.165) is 28.1 Å². The minimum Gasteiger partial charge on any atom is -0.497 e. The molecule has 0 radical (unpaired) electrons. The van der Waals surface area contributed by atoms with E-state index in [0.29, 0.717) is 55.3 Å². The number of benzene rings is 4. The number of fused-ring (bicyclic) bond motifs is 2. The number of aryl methyl sites for hydroxylation is 1. The van der Waals surface area contributed by atoms with Gasteiger partial charge in [-0.3, -0.25) is 19.3 Å². The van der Waals surface area contributed by atoms with Gasteiger partial charge in [-0.25, -0.2) is 9.59 Å². The third kappa shape index (κ3) is 6.63. The van der Waals surface area contributed by atoms with Gasteiger partial charge < -0.3 is 29.0 Å². The number of aliphatic hydroxyl groups is 1. The van der Waals surface area contributed by atoms with E-state index >= 15 is 4.79 Å². The van der Waals surface area contributed by atoms with E-state index in [1.54, 1.807) is 32.7 Å². The van der Waals surface area contributed by atoms with Gasteiger partial charge in [0.25, 0.3) is 5.91 Å². The molecule has 0 bridgehead atoms. The molecule has 5 heterocycles. The highest BCUT2D eigenvalue weighted by Gasteiger charge is 2.66. The standard InChI is InChI=1S/C46H48N6O8/c1-29-40(45(2,3)32-12-17-35(57-4)18-13-32)39(20-21-49-28-37(47-48-49)41(53)31-8-6-5-7-9-31)60-46(29)36-26-34(51-23-25-59-44(51)56)16-19-38(36)52(42(46)54)27-30-10-14-33(15-11-30)50-22-24-58-43(50)55/h5-19,26,28-29,39-41,53H,20-25,27H2,1-4H3/t29-,39+,40-,41+,46+/m0/s1. The second-order valence-electron chi connectivity index (χ2n) is 16.5. The Balaban J connectivity index is 1.09. The molecule has 4 aromatic carbocycles. The first-order valence-electron chi connectivity index (χ1n) is 20.4. The van der Waals surface area contributed by atoms with Crippen LogP contribution in [0.25, 0.3) is 0 Å². The molecule has 4 aliphatic heterocycles. The molecule has 1 N–H and O–H groups in total. The highest BCUT2D eigenvalue weighted by molar-refractivity contribution is 6.08. The Labute approximate surface area is 348 Å². The molecule has 310 valence electrons. The molecule has 5 atom stereocenters. The first kappa shape index (κ1) is 39.2. The lowest BCUT2D eigenvalue weighted by molar-refractivity contribution is -0.146. The Hall–Kier alpha value is -6.25. The van der Waals surface area contributed by atoms with Crippen molar-refractivity contribution in [1.82, 2.24) is 15.0 Å². The van der Waals surface area contributed by atoms with Crippen molar-refractivity contribution in [3.05, 3.63) is 131 Å². The maximum absolute atomic E-state index is 15.5. The van der Waals surface area contributed by atoms with Gasteiger partial charge in [0.1, 0.15) is 30.8 Å². The molecule has 4 aliphatic rings. The van der Waals surface area contributed by atoms with Crippen molar-refractivity contribution in [3.63, 3.8) is 0 Å². The maximum Gasteiger partial charge on any atom is 0.414 e. The normalized spacial score (nSPS) is 23.1. The predicted octanol–water partition coefficient (Wildman–Crippen LogP) is 6.74. The second kappa shape index (κ2) is 15.4. The first-order chi connectivity index (χ1) is 29.0. The average molecular weight is 813 g/mol. The number of rotatable bonds is 12. The van der Waals surface area contributed by atoms with E-state index < -0.39 is 29.3 Å². The molecule has 3 saturated heterocycles. The summed E-state index contributed by atoms with van der Waals surface area (Å²) in [6.45, 7) is 8.64. The minimum absolute atomic E-state index is 0.189. The quantitative estimate of drug-likeness (QED) is 0.144. The minimum atomic E-state index is -1.41. The van der Waals surface area contributed by atoms with Crippen LogP contribution in [0.15, 0.2) is 103 Å². The second-order valence-corrected chi connectivity index (χ2v) is 16.5. The van der Waals surface area contributed by atoms with Gasteiger partial charge in [-0.05, 0) is 71.0 Å². The Morgan fingerprint density at radius 3 is 2.20 bits per heavy atom. The summed E-state index contributed by atoms with van der Waals surface area (Å²) in [6, 6.07) is 30.6. The Bertz CT molecular complexity index is 2400. The zero-order valence-electron chi connectivity index (χ0n) is 34.1. The summed E-state index contributed by atoms with van der Waals surface area (Å²) in [5.74, 6) is 0.00660. The lowest BCUT2D eigenvalue weighted by Crippen LogP contribution is -2.45. The number of aliphatic hydroxyl groups excluding tert-OH is 1. The molecule has 1 aromatic heterocycles. The number of carbonyl (C=O) groups is 3. The van der Waals surface area contributed by atoms with Crippen LogP contribution in [0, 0.1) is 11.8 Å². The van der Waals surface area contributed by atoms with Crippen molar-refractivity contribution in [1.29, 1.82) is 0 Å². The van der Waals surface area contributed by atoms with Crippen molar-refractivity contribution >= 4 is 35.2 Å². The smallest absolute Gasteiger partial charge is 0.414 e. The number of cyclic esters (lactones) is 2. The van der Waals surface area contributed by atoms with Gasteiger partial charge in [-0.1, -0.05) is 80.6 Å². The summed E-state index contributed by atoms with van der Waals surface area (Å²) in [5, 5.41) is 19.8. The van der Waals surface area contributed by atoms with Gasteiger partial charge in [0, 0.05) is 35.3 Å². The van der Waals surface area contributed by atoms with Crippen LogP contribution < -0.4 is 19.4 Å². The number of ether oxygens (including phenoxy) is 4. The van der Waals surface area contributed by atoms with Crippen molar-refractivity contribution < 1.29 is 38.4 Å². The molecule has 14 nitrogen and oxygen atoms in total.